The van der Waals surface area contributed by atoms with Gasteiger partial charge in [-0.15, -0.1) is 0 Å². The van der Waals surface area contributed by atoms with Gasteiger partial charge >= 0.3 is 5.97 Å². The molecule has 0 aromatic carbocycles. The average molecular weight is 390 g/mol. The molecule has 0 aromatic rings. The first kappa shape index (κ1) is 20.6. The topological polar surface area (TPSA) is 92.8 Å². The summed E-state index contributed by atoms with van der Waals surface area (Å²) < 4.78 is 5.30. The fourth-order valence-electron chi connectivity index (χ4n) is 4.38. The zero-order valence-corrected chi connectivity index (χ0v) is 16.7. The Bertz CT molecular complexity index is 640. The molecule has 0 aromatic heterocycles. The van der Waals surface area contributed by atoms with Crippen molar-refractivity contribution in [2.75, 3.05) is 0 Å². The van der Waals surface area contributed by atoms with E-state index in [2.05, 4.69) is 5.32 Å². The van der Waals surface area contributed by atoms with E-state index in [9.17, 15) is 19.2 Å². The lowest BCUT2D eigenvalue weighted by atomic mass is 9.85. The average Bonchev–Trinajstić information content (AvgIpc) is 2.85. The van der Waals surface area contributed by atoms with Gasteiger partial charge in [0.2, 0.25) is 11.8 Å². The van der Waals surface area contributed by atoms with E-state index in [0.717, 1.165) is 30.6 Å². The highest BCUT2D eigenvalue weighted by Gasteiger charge is 2.50. The Balaban J connectivity index is 1.55. The van der Waals surface area contributed by atoms with Gasteiger partial charge in [-0.1, -0.05) is 37.8 Å². The number of ether oxygens (including phenoxy) is 1. The van der Waals surface area contributed by atoms with Crippen LogP contribution in [-0.2, 0) is 23.9 Å². The lowest BCUT2D eigenvalue weighted by Crippen LogP contribution is -2.47. The van der Waals surface area contributed by atoms with Gasteiger partial charge in [0, 0.05) is 6.04 Å². The molecule has 2 aliphatic carbocycles. The van der Waals surface area contributed by atoms with Crippen LogP contribution in [0, 0.1) is 11.8 Å². The molecule has 7 heteroatoms. The molecule has 1 saturated carbocycles. The third-order valence-corrected chi connectivity index (χ3v) is 6.13. The maximum absolute atomic E-state index is 12.6. The quantitative estimate of drug-likeness (QED) is 0.336. The van der Waals surface area contributed by atoms with E-state index in [-0.39, 0.29) is 35.6 Å². The molecular formula is C21H30N2O5. The van der Waals surface area contributed by atoms with Crippen molar-refractivity contribution in [3.05, 3.63) is 12.2 Å². The molecule has 2 fully saturated rings. The number of esters is 1. The van der Waals surface area contributed by atoms with E-state index >= 15 is 0 Å². The number of imide groups is 1. The number of carbonyl (C=O) groups is 4. The Morgan fingerprint density at radius 2 is 1.54 bits per heavy atom. The molecular weight excluding hydrogens is 360 g/mol. The number of rotatable bonds is 5. The molecule has 1 heterocycles. The highest BCUT2D eigenvalue weighted by Crippen LogP contribution is 2.36. The van der Waals surface area contributed by atoms with Crippen molar-refractivity contribution in [2.24, 2.45) is 11.8 Å². The fourth-order valence-corrected chi connectivity index (χ4v) is 4.38. The minimum atomic E-state index is -1.03. The lowest BCUT2D eigenvalue weighted by Gasteiger charge is -2.24. The van der Waals surface area contributed by atoms with E-state index in [1.165, 1.54) is 26.7 Å². The van der Waals surface area contributed by atoms with E-state index in [1.54, 1.807) is 0 Å². The van der Waals surface area contributed by atoms with Gasteiger partial charge in [0.25, 0.3) is 5.91 Å². The van der Waals surface area contributed by atoms with E-state index in [1.807, 2.05) is 12.2 Å². The first-order valence-electron chi connectivity index (χ1n) is 10.4. The number of carbonyl (C=O) groups excluding carboxylic acids is 4. The van der Waals surface area contributed by atoms with E-state index in [0.29, 0.717) is 12.8 Å². The van der Waals surface area contributed by atoms with E-state index in [4.69, 9.17) is 4.74 Å². The first-order chi connectivity index (χ1) is 13.4. The second-order valence-electron chi connectivity index (χ2n) is 8.15. The summed E-state index contributed by atoms with van der Waals surface area (Å²) in [4.78, 5) is 51.1. The molecule has 1 saturated heterocycles. The van der Waals surface area contributed by atoms with Crippen LogP contribution in [0.3, 0.4) is 0 Å². The van der Waals surface area contributed by atoms with Gasteiger partial charge in [-0.25, -0.2) is 4.79 Å². The summed E-state index contributed by atoms with van der Waals surface area (Å²) in [5, 5.41) is 2.96. The van der Waals surface area contributed by atoms with Crippen molar-refractivity contribution < 1.29 is 23.9 Å². The Morgan fingerprint density at radius 3 is 2.07 bits per heavy atom. The van der Waals surface area contributed by atoms with Crippen LogP contribution in [0.25, 0.3) is 0 Å². The third kappa shape index (κ3) is 4.28. The van der Waals surface area contributed by atoms with Gasteiger partial charge < -0.3 is 10.1 Å². The minimum Gasteiger partial charge on any atom is -0.451 e. The van der Waals surface area contributed by atoms with Crippen molar-refractivity contribution in [1.29, 1.82) is 0 Å². The van der Waals surface area contributed by atoms with Gasteiger partial charge in [0.1, 0.15) is 6.04 Å². The molecule has 0 spiro atoms. The van der Waals surface area contributed by atoms with Crippen molar-refractivity contribution in [3.8, 4) is 0 Å². The molecule has 1 N–H and O–H groups in total. The van der Waals surface area contributed by atoms with Crippen LogP contribution in [0.5, 0.6) is 0 Å². The largest absolute Gasteiger partial charge is 0.451 e. The summed E-state index contributed by atoms with van der Waals surface area (Å²) in [6.45, 7) is 3.01. The Labute approximate surface area is 165 Å². The number of hydrogen-bond acceptors (Lipinski definition) is 5. The molecule has 3 amide bonds. The Kier molecular flexibility index (Phi) is 6.52. The van der Waals surface area contributed by atoms with Crippen LogP contribution in [0.2, 0.25) is 0 Å². The number of likely N-dealkylation sites (tertiary alicyclic amines) is 1. The Morgan fingerprint density at radius 1 is 1.00 bits per heavy atom. The maximum Gasteiger partial charge on any atom is 0.329 e. The van der Waals surface area contributed by atoms with Crippen LogP contribution in [0.1, 0.15) is 65.2 Å². The molecule has 1 aliphatic heterocycles. The summed E-state index contributed by atoms with van der Waals surface area (Å²) in [6, 6.07) is -0.912. The molecule has 0 unspecified atom stereocenters. The zero-order valence-electron chi connectivity index (χ0n) is 16.7. The van der Waals surface area contributed by atoms with E-state index < -0.39 is 18.1 Å². The summed E-state index contributed by atoms with van der Waals surface area (Å²) in [7, 11) is 0. The molecule has 4 atom stereocenters. The van der Waals surface area contributed by atoms with Crippen molar-refractivity contribution in [1.82, 2.24) is 10.2 Å². The van der Waals surface area contributed by atoms with Gasteiger partial charge in [0.15, 0.2) is 6.10 Å². The van der Waals surface area contributed by atoms with Crippen LogP contribution in [0.4, 0.5) is 0 Å². The monoisotopic (exact) mass is 390 g/mol. The molecule has 7 nitrogen and oxygen atoms in total. The highest BCUT2D eigenvalue weighted by atomic mass is 16.5. The second-order valence-corrected chi connectivity index (χ2v) is 8.15. The molecule has 3 aliphatic rings. The van der Waals surface area contributed by atoms with Crippen molar-refractivity contribution in [3.63, 3.8) is 0 Å². The number of allylic oxidation sites excluding steroid dienone is 2. The van der Waals surface area contributed by atoms with Crippen LogP contribution < -0.4 is 5.32 Å². The lowest BCUT2D eigenvalue weighted by molar-refractivity contribution is -0.164. The third-order valence-electron chi connectivity index (χ3n) is 6.13. The number of fused-ring (bicyclic) bond motifs is 1. The van der Waals surface area contributed by atoms with Gasteiger partial charge in [-0.2, -0.15) is 0 Å². The normalized spacial score (nSPS) is 27.7. The summed E-state index contributed by atoms with van der Waals surface area (Å²) in [5.74, 6) is -2.47. The number of nitrogens with zero attached hydrogens (tertiary/aromatic N) is 1. The Hall–Kier alpha value is -2.18. The first-order valence-corrected chi connectivity index (χ1v) is 10.4. The van der Waals surface area contributed by atoms with Crippen molar-refractivity contribution in [2.45, 2.75) is 83.4 Å². The number of amides is 3. The predicted molar refractivity (Wildman–Crippen MR) is 102 cm³/mol. The molecule has 0 bridgehead atoms. The van der Waals surface area contributed by atoms with Crippen LogP contribution in [0.15, 0.2) is 12.2 Å². The predicted octanol–water partition coefficient (Wildman–Crippen LogP) is 2.10. The molecule has 154 valence electrons. The molecule has 3 rings (SSSR count). The summed E-state index contributed by atoms with van der Waals surface area (Å²) in [6.07, 6.45) is 10.3. The molecule has 0 radical (unpaired) electrons. The van der Waals surface area contributed by atoms with Gasteiger partial charge in [0.05, 0.1) is 11.8 Å². The minimum absolute atomic E-state index is 0.117. The fraction of sp³-hybridized carbons (Fsp3) is 0.714. The molecule has 28 heavy (non-hydrogen) atoms. The van der Waals surface area contributed by atoms with Gasteiger partial charge in [-0.05, 0) is 39.5 Å². The number of nitrogens with one attached hydrogen (secondary N) is 1. The summed E-state index contributed by atoms with van der Waals surface area (Å²) in [5.41, 5.74) is 0. The number of hydrogen-bond donors (Lipinski definition) is 1. The smallest absolute Gasteiger partial charge is 0.329 e. The SMILES string of the molecule is C[C@H](OC(=O)[C@H](C)N1C(=O)[C@H]2CC=CC[C@@H]2C1=O)C(=O)NC1CCCCCC1. The second kappa shape index (κ2) is 8.88. The zero-order chi connectivity index (χ0) is 20.3. The standard InChI is InChI=1S/C21H30N2O5/c1-13(23-19(25)16-11-7-8-12-17(16)20(23)26)21(27)28-14(2)18(24)22-15-9-5-3-4-6-10-15/h7-8,13-17H,3-6,9-12H2,1-2H3,(H,22,24)/t13-,14-,16-,17-/m0/s1. The summed E-state index contributed by atoms with van der Waals surface area (Å²) >= 11 is 0. The maximum atomic E-state index is 12.6. The van der Waals surface area contributed by atoms with Crippen LogP contribution in [-0.4, -0.2) is 46.8 Å². The highest BCUT2D eigenvalue weighted by molar-refractivity contribution is 6.08. The van der Waals surface area contributed by atoms with Crippen molar-refractivity contribution >= 4 is 23.7 Å². The van der Waals surface area contributed by atoms with Crippen LogP contribution >= 0.6 is 0 Å². The van der Waals surface area contributed by atoms with Gasteiger partial charge in [-0.3, -0.25) is 19.3 Å².